The Labute approximate surface area is 88.4 Å². The number of methoxy groups -OCH3 is 1. The second-order valence-electron chi connectivity index (χ2n) is 2.34. The van der Waals surface area contributed by atoms with Gasteiger partial charge < -0.3 is 4.74 Å². The van der Waals surface area contributed by atoms with E-state index in [0.29, 0.717) is 5.13 Å². The number of carbonyl (C=O) groups excluding carboxylic acids is 1. The van der Waals surface area contributed by atoms with Crippen LogP contribution >= 0.6 is 27.3 Å². The number of hydrogen-bond acceptors (Lipinski definition) is 4. The molecule has 72 valence electrons. The molecule has 1 rings (SSSR count). The minimum Gasteiger partial charge on any atom is -0.372 e. The van der Waals surface area contributed by atoms with Gasteiger partial charge in [0.2, 0.25) is 0 Å². The zero-order chi connectivity index (χ0) is 9.84. The summed E-state index contributed by atoms with van der Waals surface area (Å²) in [6.07, 6.45) is 1.18. The van der Waals surface area contributed by atoms with E-state index in [1.165, 1.54) is 18.4 Å². The normalized spacial score (nSPS) is 12.5. The number of nitrogens with one attached hydrogen (secondary N) is 1. The van der Waals surface area contributed by atoms with E-state index in [4.69, 9.17) is 4.74 Å². The van der Waals surface area contributed by atoms with Crippen molar-refractivity contribution in [2.24, 2.45) is 0 Å². The third kappa shape index (κ3) is 3.06. The Balaban J connectivity index is 2.54. The molecule has 1 amide bonds. The smallest absolute Gasteiger partial charge is 0.254 e. The fraction of sp³-hybridized carbons (Fsp3) is 0.429. The van der Waals surface area contributed by atoms with Crippen molar-refractivity contribution in [1.29, 1.82) is 0 Å². The maximum Gasteiger partial charge on any atom is 0.254 e. The third-order valence-corrected chi connectivity index (χ3v) is 2.82. The van der Waals surface area contributed by atoms with Gasteiger partial charge in [0.05, 0.1) is 9.98 Å². The van der Waals surface area contributed by atoms with Crippen LogP contribution in [-0.2, 0) is 9.53 Å². The largest absolute Gasteiger partial charge is 0.372 e. The van der Waals surface area contributed by atoms with Crippen molar-refractivity contribution in [2.45, 2.75) is 13.0 Å². The number of aromatic nitrogens is 1. The molecule has 0 saturated heterocycles. The lowest BCUT2D eigenvalue weighted by Gasteiger charge is -2.07. The molecule has 1 heterocycles. The predicted molar refractivity (Wildman–Crippen MR) is 54.9 cm³/mol. The monoisotopic (exact) mass is 264 g/mol. The Hall–Kier alpha value is -0.460. The summed E-state index contributed by atoms with van der Waals surface area (Å²) in [6, 6.07) is 0. The molecule has 0 spiro atoms. The first kappa shape index (κ1) is 10.6. The Bertz CT molecular complexity index is 302. The molecule has 1 aromatic heterocycles. The second-order valence-corrected chi connectivity index (χ2v) is 4.75. The van der Waals surface area contributed by atoms with Gasteiger partial charge >= 0.3 is 0 Å². The highest BCUT2D eigenvalue weighted by molar-refractivity contribution is 9.11. The van der Waals surface area contributed by atoms with Crippen LogP contribution in [0.25, 0.3) is 0 Å². The van der Waals surface area contributed by atoms with Gasteiger partial charge in [-0.15, -0.1) is 0 Å². The topological polar surface area (TPSA) is 51.2 Å². The lowest BCUT2D eigenvalue weighted by molar-refractivity contribution is -0.124. The number of anilines is 1. The Morgan fingerprint density at radius 3 is 3.00 bits per heavy atom. The Morgan fingerprint density at radius 1 is 1.85 bits per heavy atom. The summed E-state index contributed by atoms with van der Waals surface area (Å²) in [5, 5.41) is 3.20. The molecule has 13 heavy (non-hydrogen) atoms. The van der Waals surface area contributed by atoms with E-state index < -0.39 is 6.10 Å². The molecule has 0 saturated carbocycles. The summed E-state index contributed by atoms with van der Waals surface area (Å²) in [4.78, 5) is 15.2. The van der Waals surface area contributed by atoms with Crippen LogP contribution in [0.15, 0.2) is 9.98 Å². The molecule has 1 N–H and O–H groups in total. The van der Waals surface area contributed by atoms with Gasteiger partial charge in [-0.1, -0.05) is 11.3 Å². The number of rotatable bonds is 3. The number of ether oxygens (including phenoxy) is 1. The maximum absolute atomic E-state index is 11.3. The highest BCUT2D eigenvalue weighted by atomic mass is 79.9. The van der Waals surface area contributed by atoms with E-state index in [0.717, 1.165) is 3.79 Å². The van der Waals surface area contributed by atoms with Crippen LogP contribution in [0.2, 0.25) is 0 Å². The fourth-order valence-electron chi connectivity index (χ4n) is 0.626. The van der Waals surface area contributed by atoms with Crippen LogP contribution in [0.5, 0.6) is 0 Å². The number of nitrogens with zero attached hydrogens (tertiary/aromatic N) is 1. The van der Waals surface area contributed by atoms with Crippen molar-refractivity contribution in [3.8, 4) is 0 Å². The summed E-state index contributed by atoms with van der Waals surface area (Å²) in [6.45, 7) is 1.68. The first-order valence-electron chi connectivity index (χ1n) is 3.58. The summed E-state index contributed by atoms with van der Waals surface area (Å²) >= 11 is 4.61. The number of halogens is 1. The fourth-order valence-corrected chi connectivity index (χ4v) is 1.74. The Morgan fingerprint density at radius 2 is 2.54 bits per heavy atom. The van der Waals surface area contributed by atoms with Crippen molar-refractivity contribution < 1.29 is 9.53 Å². The summed E-state index contributed by atoms with van der Waals surface area (Å²) < 4.78 is 5.73. The van der Waals surface area contributed by atoms with Crippen molar-refractivity contribution in [3.63, 3.8) is 0 Å². The number of hydrogen-bond donors (Lipinski definition) is 1. The van der Waals surface area contributed by atoms with Crippen molar-refractivity contribution in [3.05, 3.63) is 9.98 Å². The first-order chi connectivity index (χ1) is 6.13. The van der Waals surface area contributed by atoms with Crippen molar-refractivity contribution >= 4 is 38.3 Å². The van der Waals surface area contributed by atoms with E-state index in [-0.39, 0.29) is 5.91 Å². The van der Waals surface area contributed by atoms with Crippen LogP contribution < -0.4 is 5.32 Å². The van der Waals surface area contributed by atoms with Crippen LogP contribution in [0.1, 0.15) is 6.92 Å². The van der Waals surface area contributed by atoms with Gasteiger partial charge in [-0.05, 0) is 22.9 Å². The standard InChI is InChI=1S/C7H9BrN2O2S/c1-4(12-2)6(11)10-7-9-3-5(8)13-7/h3-4H,1-2H3,(H,9,10,11). The molecule has 0 aromatic carbocycles. The predicted octanol–water partition coefficient (Wildman–Crippen LogP) is 1.88. The lowest BCUT2D eigenvalue weighted by Crippen LogP contribution is -2.26. The van der Waals surface area contributed by atoms with Gasteiger partial charge in [-0.25, -0.2) is 4.98 Å². The summed E-state index contributed by atoms with van der Waals surface area (Å²) in [5.74, 6) is -0.190. The summed E-state index contributed by atoms with van der Waals surface area (Å²) in [5.41, 5.74) is 0. The average Bonchev–Trinajstić information content (AvgIpc) is 2.49. The molecular weight excluding hydrogens is 256 g/mol. The molecule has 4 nitrogen and oxygen atoms in total. The third-order valence-electron chi connectivity index (χ3n) is 1.43. The zero-order valence-corrected chi connectivity index (χ0v) is 9.61. The molecule has 1 atom stereocenters. The number of amides is 1. The molecule has 0 aliphatic rings. The quantitative estimate of drug-likeness (QED) is 0.907. The van der Waals surface area contributed by atoms with E-state index in [1.807, 2.05) is 0 Å². The van der Waals surface area contributed by atoms with Gasteiger partial charge in [0.15, 0.2) is 5.13 Å². The van der Waals surface area contributed by atoms with Crippen molar-refractivity contribution in [1.82, 2.24) is 4.98 Å². The van der Waals surface area contributed by atoms with Crippen LogP contribution in [0.4, 0.5) is 5.13 Å². The number of thiazole rings is 1. The Kier molecular flexibility index (Phi) is 3.83. The van der Waals surface area contributed by atoms with Gasteiger partial charge in [-0.2, -0.15) is 0 Å². The average molecular weight is 265 g/mol. The van der Waals surface area contributed by atoms with Crippen LogP contribution in [0.3, 0.4) is 0 Å². The first-order valence-corrected chi connectivity index (χ1v) is 5.19. The SMILES string of the molecule is COC(C)C(=O)Nc1ncc(Br)s1. The second kappa shape index (κ2) is 4.69. The molecule has 0 radical (unpaired) electrons. The van der Waals surface area contributed by atoms with E-state index >= 15 is 0 Å². The van der Waals surface area contributed by atoms with Gasteiger partial charge in [0.1, 0.15) is 6.10 Å². The molecule has 0 aliphatic carbocycles. The van der Waals surface area contributed by atoms with Gasteiger partial charge in [0.25, 0.3) is 5.91 Å². The van der Waals surface area contributed by atoms with Gasteiger partial charge in [-0.3, -0.25) is 10.1 Å². The molecular formula is C7H9BrN2O2S. The van der Waals surface area contributed by atoms with Crippen LogP contribution in [-0.4, -0.2) is 24.1 Å². The highest BCUT2D eigenvalue weighted by Gasteiger charge is 2.12. The molecule has 1 unspecified atom stereocenters. The van der Waals surface area contributed by atoms with Gasteiger partial charge in [0, 0.05) is 7.11 Å². The lowest BCUT2D eigenvalue weighted by atomic mass is 10.4. The summed E-state index contributed by atoms with van der Waals surface area (Å²) in [7, 11) is 1.49. The number of carbonyl (C=O) groups is 1. The van der Waals surface area contributed by atoms with Crippen LogP contribution in [0, 0.1) is 0 Å². The van der Waals surface area contributed by atoms with Crippen molar-refractivity contribution in [2.75, 3.05) is 12.4 Å². The minimum absolute atomic E-state index is 0.190. The molecule has 6 heteroatoms. The van der Waals surface area contributed by atoms with E-state index in [9.17, 15) is 4.79 Å². The zero-order valence-electron chi connectivity index (χ0n) is 7.20. The molecule has 1 aromatic rings. The molecule has 0 aliphatic heterocycles. The van der Waals surface area contributed by atoms with E-state index in [1.54, 1.807) is 13.1 Å². The van der Waals surface area contributed by atoms with E-state index in [2.05, 4.69) is 26.2 Å². The molecule has 0 bridgehead atoms. The minimum atomic E-state index is -0.456. The molecule has 0 fully saturated rings. The maximum atomic E-state index is 11.3. The highest BCUT2D eigenvalue weighted by Crippen LogP contribution is 2.23.